The molecule has 0 atom stereocenters. The van der Waals surface area contributed by atoms with Crippen LogP contribution in [0, 0.1) is 12.8 Å². The number of aryl methyl sites for hydroxylation is 1. The second-order valence-electron chi connectivity index (χ2n) is 6.94. The van der Waals surface area contributed by atoms with E-state index in [2.05, 4.69) is 58.4 Å². The Morgan fingerprint density at radius 3 is 2.92 bits per heavy atom. The fourth-order valence-electron chi connectivity index (χ4n) is 3.18. The number of aromatic nitrogens is 1. The first-order chi connectivity index (χ1) is 12.2. The molecule has 1 aromatic carbocycles. The smallest absolute Gasteiger partial charge is 0.193 e. The molecular formula is C20H30N4O. The first kappa shape index (κ1) is 17.8. The number of rotatable bonds is 8. The standard InChI is InChI=1S/C20H30N4O/c1-15-17(18-6-4-5-7-19(18)23-15)10-11-22-20(21-2)24(3)12-13-25-14-16-8-9-16/h4-7,16,23H,8-14H2,1-3H3,(H,21,22). The van der Waals surface area contributed by atoms with Crippen LogP contribution in [0.2, 0.25) is 0 Å². The van der Waals surface area contributed by atoms with E-state index in [1.165, 1.54) is 35.0 Å². The molecule has 1 heterocycles. The first-order valence-electron chi connectivity index (χ1n) is 9.24. The van der Waals surface area contributed by atoms with Crippen molar-refractivity contribution in [2.45, 2.75) is 26.2 Å². The number of benzene rings is 1. The van der Waals surface area contributed by atoms with Crippen molar-refractivity contribution in [3.8, 4) is 0 Å². The monoisotopic (exact) mass is 342 g/mol. The summed E-state index contributed by atoms with van der Waals surface area (Å²) in [6.07, 6.45) is 3.65. The number of fused-ring (bicyclic) bond motifs is 1. The Bertz CT molecular complexity index is 718. The van der Waals surface area contributed by atoms with Gasteiger partial charge >= 0.3 is 0 Å². The van der Waals surface area contributed by atoms with Crippen molar-refractivity contribution < 1.29 is 4.74 Å². The van der Waals surface area contributed by atoms with E-state index < -0.39 is 0 Å². The quantitative estimate of drug-likeness (QED) is 0.441. The topological polar surface area (TPSA) is 52.7 Å². The Kier molecular flexibility index (Phi) is 5.97. The molecule has 0 radical (unpaired) electrons. The zero-order chi connectivity index (χ0) is 17.6. The Labute approximate surface area is 150 Å². The number of aliphatic imine (C=N–C) groups is 1. The van der Waals surface area contributed by atoms with E-state index in [0.29, 0.717) is 0 Å². The van der Waals surface area contributed by atoms with Gasteiger partial charge in [-0.15, -0.1) is 0 Å². The van der Waals surface area contributed by atoms with Crippen molar-refractivity contribution in [1.82, 2.24) is 15.2 Å². The fourth-order valence-corrected chi connectivity index (χ4v) is 3.18. The second-order valence-corrected chi connectivity index (χ2v) is 6.94. The van der Waals surface area contributed by atoms with Crippen molar-refractivity contribution in [2.75, 3.05) is 40.4 Å². The summed E-state index contributed by atoms with van der Waals surface area (Å²) >= 11 is 0. The highest BCUT2D eigenvalue weighted by Crippen LogP contribution is 2.28. The molecule has 5 nitrogen and oxygen atoms in total. The number of hydrogen-bond donors (Lipinski definition) is 2. The molecule has 3 rings (SSSR count). The van der Waals surface area contributed by atoms with Crippen molar-refractivity contribution in [3.63, 3.8) is 0 Å². The lowest BCUT2D eigenvalue weighted by Gasteiger charge is -2.22. The van der Waals surface area contributed by atoms with Crippen molar-refractivity contribution >= 4 is 16.9 Å². The normalized spacial score (nSPS) is 14.9. The number of nitrogens with zero attached hydrogens (tertiary/aromatic N) is 2. The van der Waals surface area contributed by atoms with Gasteiger partial charge in [0.25, 0.3) is 0 Å². The molecule has 25 heavy (non-hydrogen) atoms. The number of guanidine groups is 1. The lowest BCUT2D eigenvalue weighted by Crippen LogP contribution is -2.41. The van der Waals surface area contributed by atoms with E-state index in [-0.39, 0.29) is 0 Å². The maximum atomic E-state index is 5.72. The largest absolute Gasteiger partial charge is 0.379 e. The van der Waals surface area contributed by atoms with Crippen LogP contribution in [-0.2, 0) is 11.2 Å². The molecule has 1 aromatic heterocycles. The zero-order valence-electron chi connectivity index (χ0n) is 15.6. The highest BCUT2D eigenvalue weighted by atomic mass is 16.5. The molecule has 0 spiro atoms. The number of hydrogen-bond acceptors (Lipinski definition) is 2. The Morgan fingerprint density at radius 2 is 2.16 bits per heavy atom. The molecule has 1 aliphatic rings. The van der Waals surface area contributed by atoms with Gasteiger partial charge in [0.2, 0.25) is 0 Å². The highest BCUT2D eigenvalue weighted by Gasteiger charge is 2.21. The van der Waals surface area contributed by atoms with Gasteiger partial charge in [0, 0.05) is 50.4 Å². The average Bonchev–Trinajstić information content (AvgIpc) is 3.38. The molecule has 0 aliphatic heterocycles. The summed E-state index contributed by atoms with van der Waals surface area (Å²) in [5, 5.41) is 4.79. The van der Waals surface area contributed by atoms with Crippen molar-refractivity contribution in [2.24, 2.45) is 10.9 Å². The van der Waals surface area contributed by atoms with Gasteiger partial charge in [-0.3, -0.25) is 4.99 Å². The Morgan fingerprint density at radius 1 is 1.36 bits per heavy atom. The minimum atomic E-state index is 0.759. The summed E-state index contributed by atoms with van der Waals surface area (Å²) in [6, 6.07) is 8.49. The molecule has 0 amide bonds. The van der Waals surface area contributed by atoms with Crippen LogP contribution in [0.5, 0.6) is 0 Å². The van der Waals surface area contributed by atoms with E-state index in [0.717, 1.165) is 44.6 Å². The van der Waals surface area contributed by atoms with Crippen LogP contribution >= 0.6 is 0 Å². The molecule has 2 aromatic rings. The van der Waals surface area contributed by atoms with E-state index in [4.69, 9.17) is 4.74 Å². The van der Waals surface area contributed by atoms with E-state index in [9.17, 15) is 0 Å². The number of likely N-dealkylation sites (N-methyl/N-ethyl adjacent to an activating group) is 1. The number of para-hydroxylation sites is 1. The Hall–Kier alpha value is -2.01. The van der Waals surface area contributed by atoms with Crippen LogP contribution < -0.4 is 5.32 Å². The van der Waals surface area contributed by atoms with Gasteiger partial charge in [0.05, 0.1) is 6.61 Å². The molecule has 1 aliphatic carbocycles. The summed E-state index contributed by atoms with van der Waals surface area (Å²) in [5.41, 5.74) is 3.85. The molecule has 1 saturated carbocycles. The van der Waals surface area contributed by atoms with Crippen LogP contribution in [0.3, 0.4) is 0 Å². The Balaban J connectivity index is 1.46. The molecule has 0 bridgehead atoms. The summed E-state index contributed by atoms with van der Waals surface area (Å²) < 4.78 is 5.72. The minimum Gasteiger partial charge on any atom is -0.379 e. The molecule has 0 saturated heterocycles. The molecule has 1 fully saturated rings. The lowest BCUT2D eigenvalue weighted by atomic mass is 10.1. The zero-order valence-corrected chi connectivity index (χ0v) is 15.6. The van der Waals surface area contributed by atoms with Gasteiger partial charge in [-0.25, -0.2) is 0 Å². The number of nitrogens with one attached hydrogen (secondary N) is 2. The van der Waals surface area contributed by atoms with E-state index >= 15 is 0 Å². The van der Waals surface area contributed by atoms with E-state index in [1.807, 2.05) is 7.05 Å². The molecule has 5 heteroatoms. The minimum absolute atomic E-state index is 0.759. The maximum absolute atomic E-state index is 5.72. The van der Waals surface area contributed by atoms with Gasteiger partial charge < -0.3 is 19.9 Å². The van der Waals surface area contributed by atoms with Gasteiger partial charge in [-0.1, -0.05) is 18.2 Å². The van der Waals surface area contributed by atoms with Gasteiger partial charge in [0.1, 0.15) is 0 Å². The SMILES string of the molecule is CN=C(NCCc1c(C)[nH]c2ccccc12)N(C)CCOCC1CC1. The predicted molar refractivity (Wildman–Crippen MR) is 104 cm³/mol. The average molecular weight is 342 g/mol. The number of aromatic amines is 1. The van der Waals surface area contributed by atoms with Gasteiger partial charge in [-0.05, 0) is 43.7 Å². The van der Waals surface area contributed by atoms with E-state index in [1.54, 1.807) is 0 Å². The second kappa shape index (κ2) is 8.39. The maximum Gasteiger partial charge on any atom is 0.193 e. The summed E-state index contributed by atoms with van der Waals surface area (Å²) in [7, 11) is 3.90. The molecule has 2 N–H and O–H groups in total. The number of ether oxygens (including phenoxy) is 1. The van der Waals surface area contributed by atoms with Gasteiger partial charge in [-0.2, -0.15) is 0 Å². The van der Waals surface area contributed by atoms with Crippen LogP contribution in [0.4, 0.5) is 0 Å². The summed E-state index contributed by atoms with van der Waals surface area (Å²) in [5.74, 6) is 1.75. The van der Waals surface area contributed by atoms with Crippen LogP contribution in [0.25, 0.3) is 10.9 Å². The molecular weight excluding hydrogens is 312 g/mol. The first-order valence-corrected chi connectivity index (χ1v) is 9.24. The van der Waals surface area contributed by atoms with Gasteiger partial charge in [0.15, 0.2) is 5.96 Å². The summed E-state index contributed by atoms with van der Waals surface area (Å²) in [6.45, 7) is 5.55. The third-order valence-corrected chi connectivity index (χ3v) is 4.88. The number of H-pyrrole nitrogens is 1. The van der Waals surface area contributed by atoms with Crippen LogP contribution in [0.15, 0.2) is 29.3 Å². The third-order valence-electron chi connectivity index (χ3n) is 4.88. The van der Waals surface area contributed by atoms with Crippen molar-refractivity contribution in [1.29, 1.82) is 0 Å². The fraction of sp³-hybridized carbons (Fsp3) is 0.550. The van der Waals surface area contributed by atoms with Crippen LogP contribution in [-0.4, -0.2) is 56.2 Å². The lowest BCUT2D eigenvalue weighted by molar-refractivity contribution is 0.115. The van der Waals surface area contributed by atoms with Crippen molar-refractivity contribution in [3.05, 3.63) is 35.5 Å². The third kappa shape index (κ3) is 4.75. The predicted octanol–water partition coefficient (Wildman–Crippen LogP) is 2.95. The molecule has 136 valence electrons. The highest BCUT2D eigenvalue weighted by molar-refractivity contribution is 5.84. The molecule has 0 unspecified atom stereocenters. The summed E-state index contributed by atoms with van der Waals surface area (Å²) in [4.78, 5) is 9.99. The van der Waals surface area contributed by atoms with Crippen LogP contribution in [0.1, 0.15) is 24.1 Å².